The molecule has 0 atom stereocenters. The van der Waals surface area contributed by atoms with Gasteiger partial charge in [0.15, 0.2) is 0 Å². The molecule has 0 aliphatic carbocycles. The van der Waals surface area contributed by atoms with E-state index in [9.17, 15) is 9.59 Å². The molecular weight excluding hydrogens is 294 g/mol. The monoisotopic (exact) mass is 313 g/mol. The van der Waals surface area contributed by atoms with E-state index in [0.717, 1.165) is 5.69 Å². The second-order valence-corrected chi connectivity index (χ2v) is 4.76. The molecule has 0 saturated heterocycles. The second-order valence-electron chi connectivity index (χ2n) is 4.40. The summed E-state index contributed by atoms with van der Waals surface area (Å²) in [6.45, 7) is 5.99. The zero-order valence-corrected chi connectivity index (χ0v) is 13.5. The third-order valence-corrected chi connectivity index (χ3v) is 3.36. The standard InChI is InChI=1S/C14H20ClN3O3/c1-5-18(9-13(20)21-6-2)12(19)8-7-11-10(3)16-17(4)14(11)15/h7-8H,5-6,9H2,1-4H3/b8-7+. The Labute approximate surface area is 129 Å². The van der Waals surface area contributed by atoms with E-state index < -0.39 is 5.97 Å². The van der Waals surface area contributed by atoms with E-state index in [-0.39, 0.29) is 12.5 Å². The first kappa shape index (κ1) is 17.2. The van der Waals surface area contributed by atoms with Crippen molar-refractivity contribution in [3.05, 3.63) is 22.5 Å². The van der Waals surface area contributed by atoms with Crippen molar-refractivity contribution < 1.29 is 14.3 Å². The van der Waals surface area contributed by atoms with Gasteiger partial charge in [-0.3, -0.25) is 14.3 Å². The Morgan fingerprint density at radius 2 is 2.10 bits per heavy atom. The number of halogens is 1. The number of hydrogen-bond acceptors (Lipinski definition) is 4. The Bertz CT molecular complexity index is 552. The molecule has 21 heavy (non-hydrogen) atoms. The third-order valence-electron chi connectivity index (χ3n) is 2.91. The zero-order valence-electron chi connectivity index (χ0n) is 12.7. The molecule has 0 aliphatic rings. The number of aryl methyl sites for hydroxylation is 2. The molecule has 1 aromatic rings. The van der Waals surface area contributed by atoms with Crippen LogP contribution in [0.15, 0.2) is 6.08 Å². The van der Waals surface area contributed by atoms with Gasteiger partial charge in [-0.15, -0.1) is 0 Å². The Morgan fingerprint density at radius 1 is 1.43 bits per heavy atom. The fraction of sp³-hybridized carbons (Fsp3) is 0.500. The van der Waals surface area contributed by atoms with E-state index in [1.165, 1.54) is 15.7 Å². The van der Waals surface area contributed by atoms with Gasteiger partial charge in [-0.2, -0.15) is 5.10 Å². The van der Waals surface area contributed by atoms with Crippen molar-refractivity contribution in [1.29, 1.82) is 0 Å². The SMILES string of the molecule is CCOC(=O)CN(CC)C(=O)/C=C/c1c(C)nn(C)c1Cl. The predicted molar refractivity (Wildman–Crippen MR) is 80.9 cm³/mol. The highest BCUT2D eigenvalue weighted by Crippen LogP contribution is 2.20. The van der Waals surface area contributed by atoms with Crippen molar-refractivity contribution in [2.24, 2.45) is 7.05 Å². The molecule has 0 fully saturated rings. The van der Waals surface area contributed by atoms with Crippen LogP contribution in [0.3, 0.4) is 0 Å². The molecule has 0 N–H and O–H groups in total. The van der Waals surface area contributed by atoms with Gasteiger partial charge in [-0.25, -0.2) is 0 Å². The molecule has 7 heteroatoms. The van der Waals surface area contributed by atoms with Gasteiger partial charge in [-0.05, 0) is 26.8 Å². The molecule has 0 unspecified atom stereocenters. The van der Waals surface area contributed by atoms with Crippen LogP contribution in [-0.4, -0.2) is 46.3 Å². The number of nitrogens with zero attached hydrogens (tertiary/aromatic N) is 3. The fourth-order valence-electron chi connectivity index (χ4n) is 1.80. The summed E-state index contributed by atoms with van der Waals surface area (Å²) in [4.78, 5) is 24.9. The molecule has 1 amide bonds. The lowest BCUT2D eigenvalue weighted by atomic mass is 10.2. The summed E-state index contributed by atoms with van der Waals surface area (Å²) < 4.78 is 6.38. The predicted octanol–water partition coefficient (Wildman–Crippen LogP) is 1.81. The number of rotatable bonds is 6. The zero-order chi connectivity index (χ0) is 16.0. The first-order chi connectivity index (χ1) is 9.90. The molecule has 1 rings (SSSR count). The molecule has 116 valence electrons. The van der Waals surface area contributed by atoms with Crippen LogP contribution < -0.4 is 0 Å². The molecule has 0 radical (unpaired) electrons. The van der Waals surface area contributed by atoms with Gasteiger partial charge < -0.3 is 9.64 Å². The van der Waals surface area contributed by atoms with Crippen molar-refractivity contribution in [2.45, 2.75) is 20.8 Å². The molecular formula is C14H20ClN3O3. The first-order valence-corrected chi connectivity index (χ1v) is 7.10. The first-order valence-electron chi connectivity index (χ1n) is 6.72. The highest BCUT2D eigenvalue weighted by Gasteiger charge is 2.15. The number of amides is 1. The molecule has 0 saturated carbocycles. The Morgan fingerprint density at radius 3 is 2.57 bits per heavy atom. The van der Waals surface area contributed by atoms with Gasteiger partial charge in [0.2, 0.25) is 5.91 Å². The maximum Gasteiger partial charge on any atom is 0.325 e. The van der Waals surface area contributed by atoms with E-state index in [4.69, 9.17) is 16.3 Å². The van der Waals surface area contributed by atoms with Crippen molar-refractivity contribution in [1.82, 2.24) is 14.7 Å². The summed E-state index contributed by atoms with van der Waals surface area (Å²) in [6, 6.07) is 0. The molecule has 0 bridgehead atoms. The third kappa shape index (κ3) is 4.60. The van der Waals surface area contributed by atoms with E-state index >= 15 is 0 Å². The lowest BCUT2D eigenvalue weighted by Gasteiger charge is -2.17. The number of ether oxygens (including phenoxy) is 1. The van der Waals surface area contributed by atoms with Gasteiger partial charge in [0.1, 0.15) is 11.7 Å². The molecule has 0 spiro atoms. The normalized spacial score (nSPS) is 10.9. The van der Waals surface area contributed by atoms with E-state index in [1.807, 2.05) is 6.92 Å². The molecule has 0 aliphatic heterocycles. The summed E-state index contributed by atoms with van der Waals surface area (Å²) in [5, 5.41) is 4.62. The van der Waals surface area contributed by atoms with Crippen LogP contribution in [0.2, 0.25) is 5.15 Å². The molecule has 0 aromatic carbocycles. The average Bonchev–Trinajstić information content (AvgIpc) is 2.67. The highest BCUT2D eigenvalue weighted by atomic mass is 35.5. The smallest absolute Gasteiger partial charge is 0.325 e. The second kappa shape index (κ2) is 7.83. The number of aromatic nitrogens is 2. The van der Waals surface area contributed by atoms with Crippen molar-refractivity contribution >= 4 is 29.6 Å². The topological polar surface area (TPSA) is 64.4 Å². The van der Waals surface area contributed by atoms with Crippen molar-refractivity contribution in [3.8, 4) is 0 Å². The van der Waals surface area contributed by atoms with Gasteiger partial charge in [0.25, 0.3) is 0 Å². The Balaban J connectivity index is 2.78. The Kier molecular flexibility index (Phi) is 6.42. The quantitative estimate of drug-likeness (QED) is 0.593. The maximum atomic E-state index is 12.1. The van der Waals surface area contributed by atoms with Gasteiger partial charge in [-0.1, -0.05) is 11.6 Å². The lowest BCUT2D eigenvalue weighted by Crippen LogP contribution is -2.35. The molecule has 6 nitrogen and oxygen atoms in total. The van der Waals surface area contributed by atoms with Gasteiger partial charge in [0.05, 0.1) is 12.3 Å². The van der Waals surface area contributed by atoms with Crippen LogP contribution in [0.5, 0.6) is 0 Å². The van der Waals surface area contributed by atoms with Crippen LogP contribution in [0.4, 0.5) is 0 Å². The summed E-state index contributed by atoms with van der Waals surface area (Å²) in [5.74, 6) is -0.693. The number of likely N-dealkylation sites (N-methyl/N-ethyl adjacent to an activating group) is 1. The van der Waals surface area contributed by atoms with E-state index in [2.05, 4.69) is 5.10 Å². The molecule has 1 aromatic heterocycles. The minimum absolute atomic E-state index is 0.0622. The van der Waals surface area contributed by atoms with Crippen LogP contribution in [-0.2, 0) is 21.4 Å². The maximum absolute atomic E-state index is 12.1. The summed E-state index contributed by atoms with van der Waals surface area (Å²) >= 11 is 6.09. The fourth-order valence-corrected chi connectivity index (χ4v) is 2.04. The number of carbonyl (C=O) groups is 2. The molecule has 1 heterocycles. The van der Waals surface area contributed by atoms with Crippen LogP contribution >= 0.6 is 11.6 Å². The van der Waals surface area contributed by atoms with Crippen LogP contribution in [0.25, 0.3) is 6.08 Å². The van der Waals surface area contributed by atoms with Crippen LogP contribution in [0, 0.1) is 6.92 Å². The summed E-state index contributed by atoms with van der Waals surface area (Å²) in [5.41, 5.74) is 1.43. The summed E-state index contributed by atoms with van der Waals surface area (Å²) in [7, 11) is 1.73. The number of carbonyl (C=O) groups excluding carboxylic acids is 2. The summed E-state index contributed by atoms with van der Waals surface area (Å²) in [6.07, 6.45) is 3.00. The van der Waals surface area contributed by atoms with E-state index in [1.54, 1.807) is 27.0 Å². The number of esters is 1. The van der Waals surface area contributed by atoms with Crippen LogP contribution in [0.1, 0.15) is 25.1 Å². The van der Waals surface area contributed by atoms with Gasteiger partial charge >= 0.3 is 5.97 Å². The highest BCUT2D eigenvalue weighted by molar-refractivity contribution is 6.31. The lowest BCUT2D eigenvalue weighted by molar-refractivity contribution is -0.147. The Hall–Kier alpha value is -1.82. The number of hydrogen-bond donors (Lipinski definition) is 0. The van der Waals surface area contributed by atoms with Gasteiger partial charge in [0, 0.05) is 25.2 Å². The minimum atomic E-state index is -0.420. The largest absolute Gasteiger partial charge is 0.465 e. The average molecular weight is 314 g/mol. The van der Waals surface area contributed by atoms with Crippen molar-refractivity contribution in [3.63, 3.8) is 0 Å². The van der Waals surface area contributed by atoms with E-state index in [0.29, 0.717) is 23.9 Å². The minimum Gasteiger partial charge on any atom is -0.465 e. The van der Waals surface area contributed by atoms with Crippen molar-refractivity contribution in [2.75, 3.05) is 19.7 Å².